The Kier molecular flexibility index (Phi) is 7.40. The Labute approximate surface area is 148 Å². The van der Waals surface area contributed by atoms with Crippen molar-refractivity contribution in [2.24, 2.45) is 0 Å². The van der Waals surface area contributed by atoms with Crippen molar-refractivity contribution in [3.63, 3.8) is 0 Å². The summed E-state index contributed by atoms with van der Waals surface area (Å²) in [4.78, 5) is 0. The van der Waals surface area contributed by atoms with Crippen molar-refractivity contribution in [3.8, 4) is 41.2 Å². The molecule has 0 atom stereocenters. The molecule has 2 heteroatoms. The highest BCUT2D eigenvalue weighted by Gasteiger charge is 2.41. The van der Waals surface area contributed by atoms with Crippen molar-refractivity contribution >= 4 is 8.07 Å². The largest absolute Gasteiger partial charge is 0.192 e. The fraction of sp³-hybridized carbons (Fsp3) is 0.409. The monoisotopic (exact) mass is 331 g/mol. The molecule has 0 aliphatic rings. The molecule has 0 heterocycles. The van der Waals surface area contributed by atoms with Gasteiger partial charge < -0.3 is 0 Å². The van der Waals surface area contributed by atoms with E-state index in [1.54, 1.807) is 12.1 Å². The molecule has 0 N–H and O–H groups in total. The van der Waals surface area contributed by atoms with Gasteiger partial charge in [0.15, 0.2) is 0 Å². The molecule has 1 rings (SSSR count). The lowest BCUT2D eigenvalue weighted by Gasteiger charge is -2.37. The van der Waals surface area contributed by atoms with Gasteiger partial charge in [0.25, 0.3) is 0 Å². The molecule has 0 amide bonds. The van der Waals surface area contributed by atoms with Crippen LogP contribution in [0.15, 0.2) is 24.3 Å². The highest BCUT2D eigenvalue weighted by atomic mass is 28.3. The lowest BCUT2D eigenvalue weighted by atomic mass is 10.1. The Morgan fingerprint density at radius 1 is 0.708 bits per heavy atom. The van der Waals surface area contributed by atoms with E-state index in [4.69, 9.17) is 5.26 Å². The Bertz CT molecular complexity index is 751. The van der Waals surface area contributed by atoms with Gasteiger partial charge >= 0.3 is 0 Å². The summed E-state index contributed by atoms with van der Waals surface area (Å²) in [5.74, 6) is 14.6. The first-order valence-electron chi connectivity index (χ1n) is 8.38. The second kappa shape index (κ2) is 9.04. The third-order valence-corrected chi connectivity index (χ3v) is 10.8. The zero-order chi connectivity index (χ0) is 18.2. The highest BCUT2D eigenvalue weighted by Crippen LogP contribution is 2.40. The van der Waals surface area contributed by atoms with Crippen LogP contribution in [-0.2, 0) is 0 Å². The van der Waals surface area contributed by atoms with E-state index in [0.717, 1.165) is 5.56 Å². The molecule has 0 unspecified atom stereocenters. The van der Waals surface area contributed by atoms with Crippen molar-refractivity contribution in [1.29, 1.82) is 5.26 Å². The summed E-state index contributed by atoms with van der Waals surface area (Å²) in [7, 11) is -1.70. The second-order valence-corrected chi connectivity index (χ2v) is 12.4. The first kappa shape index (κ1) is 19.7. The minimum atomic E-state index is -1.70. The maximum atomic E-state index is 8.76. The van der Waals surface area contributed by atoms with E-state index in [1.165, 1.54) is 0 Å². The van der Waals surface area contributed by atoms with E-state index in [2.05, 4.69) is 82.8 Å². The average molecular weight is 332 g/mol. The number of benzene rings is 1. The van der Waals surface area contributed by atoms with Crippen LogP contribution >= 0.6 is 0 Å². The van der Waals surface area contributed by atoms with Gasteiger partial charge in [-0.1, -0.05) is 47.5 Å². The van der Waals surface area contributed by atoms with Crippen LogP contribution in [0.5, 0.6) is 0 Å². The third-order valence-electron chi connectivity index (χ3n) is 4.55. The summed E-state index contributed by atoms with van der Waals surface area (Å²) in [5, 5.41) is 8.76. The van der Waals surface area contributed by atoms with Gasteiger partial charge in [-0.05, 0) is 64.6 Å². The molecule has 1 nitrogen and oxygen atoms in total. The number of hydrogen-bond acceptors (Lipinski definition) is 1. The molecule has 0 saturated heterocycles. The first-order chi connectivity index (χ1) is 11.3. The molecule has 0 bridgehead atoms. The Hall–Kier alpha value is -2.39. The number of nitrogens with zero attached hydrogens (tertiary/aromatic N) is 1. The van der Waals surface area contributed by atoms with E-state index in [9.17, 15) is 0 Å². The lowest BCUT2D eigenvalue weighted by molar-refractivity contribution is 0.838. The van der Waals surface area contributed by atoms with Crippen molar-refractivity contribution < 1.29 is 0 Å². The predicted molar refractivity (Wildman–Crippen MR) is 105 cm³/mol. The van der Waals surface area contributed by atoms with Gasteiger partial charge in [0.05, 0.1) is 11.6 Å². The van der Waals surface area contributed by atoms with Gasteiger partial charge in [0, 0.05) is 5.56 Å². The number of hydrogen-bond donors (Lipinski definition) is 0. The molecular weight excluding hydrogens is 306 g/mol. The molecule has 0 radical (unpaired) electrons. The molecule has 24 heavy (non-hydrogen) atoms. The average Bonchev–Trinajstić information content (AvgIpc) is 2.53. The summed E-state index contributed by atoms with van der Waals surface area (Å²) in [6, 6.07) is 9.25. The van der Waals surface area contributed by atoms with Gasteiger partial charge in [-0.3, -0.25) is 0 Å². The van der Waals surface area contributed by atoms with Crippen molar-refractivity contribution in [3.05, 3.63) is 35.4 Å². The van der Waals surface area contributed by atoms with E-state index in [0.29, 0.717) is 22.2 Å². The fourth-order valence-corrected chi connectivity index (χ4v) is 8.51. The van der Waals surface area contributed by atoms with E-state index < -0.39 is 8.07 Å². The minimum Gasteiger partial charge on any atom is -0.192 e. The first-order valence-corrected chi connectivity index (χ1v) is 10.6. The normalized spacial score (nSPS) is 10.2. The molecule has 0 spiro atoms. The van der Waals surface area contributed by atoms with E-state index in [-0.39, 0.29) is 0 Å². The van der Waals surface area contributed by atoms with Crippen LogP contribution in [0.25, 0.3) is 0 Å². The molecule has 0 saturated carbocycles. The van der Waals surface area contributed by atoms with Crippen LogP contribution in [0.3, 0.4) is 0 Å². The zero-order valence-electron chi connectivity index (χ0n) is 15.5. The second-order valence-electron chi connectivity index (χ2n) is 6.84. The van der Waals surface area contributed by atoms with Gasteiger partial charge in [0.2, 0.25) is 0 Å². The smallest absolute Gasteiger partial charge is 0.147 e. The molecule has 1 aromatic carbocycles. The van der Waals surface area contributed by atoms with Crippen LogP contribution in [0, 0.1) is 46.5 Å². The van der Waals surface area contributed by atoms with Gasteiger partial charge in [-0.25, -0.2) is 0 Å². The number of nitriles is 1. The number of rotatable bonds is 3. The fourth-order valence-electron chi connectivity index (χ4n) is 3.37. The molecule has 0 aliphatic heterocycles. The maximum absolute atomic E-state index is 8.76. The van der Waals surface area contributed by atoms with E-state index >= 15 is 0 Å². The summed E-state index contributed by atoms with van der Waals surface area (Å²) >= 11 is 0. The summed E-state index contributed by atoms with van der Waals surface area (Å²) in [6.45, 7) is 13.7. The summed E-state index contributed by atoms with van der Waals surface area (Å²) < 4.78 is 0. The highest BCUT2D eigenvalue weighted by molar-refractivity contribution is 6.90. The zero-order valence-corrected chi connectivity index (χ0v) is 16.5. The minimum absolute atomic E-state index is 0.608. The van der Waals surface area contributed by atoms with Gasteiger partial charge in [-0.15, -0.1) is 5.54 Å². The lowest BCUT2D eigenvalue weighted by Crippen LogP contribution is -2.43. The van der Waals surface area contributed by atoms with Crippen molar-refractivity contribution in [1.82, 2.24) is 0 Å². The Balaban J connectivity index is 2.94. The molecule has 0 aromatic heterocycles. The summed E-state index contributed by atoms with van der Waals surface area (Å²) in [5.41, 5.74) is 6.87. The standard InChI is InChI=1S/C22H25NSi/c1-18(2)24(19(3)4,20(5)6)16-10-8-7-9-11-21-12-14-22(17-23)15-13-21/h12-15,18-20H,1-6H3. The van der Waals surface area contributed by atoms with Crippen LogP contribution < -0.4 is 0 Å². The van der Waals surface area contributed by atoms with Crippen LogP contribution in [0.4, 0.5) is 0 Å². The van der Waals surface area contributed by atoms with E-state index in [1.807, 2.05) is 12.1 Å². The maximum Gasteiger partial charge on any atom is 0.147 e. The third kappa shape index (κ3) is 4.80. The molecule has 122 valence electrons. The van der Waals surface area contributed by atoms with Crippen LogP contribution in [-0.4, -0.2) is 8.07 Å². The quantitative estimate of drug-likeness (QED) is 0.556. The molecular formula is C22H25NSi. The van der Waals surface area contributed by atoms with Crippen molar-refractivity contribution in [2.75, 3.05) is 0 Å². The topological polar surface area (TPSA) is 23.8 Å². The SMILES string of the molecule is CC(C)[Si](C#CC#CC#Cc1ccc(C#N)cc1)(C(C)C)C(C)C. The van der Waals surface area contributed by atoms with Crippen LogP contribution in [0.2, 0.25) is 16.6 Å². The Morgan fingerprint density at radius 2 is 1.17 bits per heavy atom. The molecule has 0 fully saturated rings. The predicted octanol–water partition coefficient (Wildman–Crippen LogP) is 5.13. The van der Waals surface area contributed by atoms with Crippen molar-refractivity contribution in [2.45, 2.75) is 58.2 Å². The van der Waals surface area contributed by atoms with Crippen LogP contribution in [0.1, 0.15) is 52.7 Å². The van der Waals surface area contributed by atoms with Gasteiger partial charge in [-0.2, -0.15) is 5.26 Å². The molecule has 0 aliphatic carbocycles. The Morgan fingerprint density at radius 3 is 1.62 bits per heavy atom. The van der Waals surface area contributed by atoms with Gasteiger partial charge in [0.1, 0.15) is 8.07 Å². The molecule has 1 aromatic rings. The summed E-state index contributed by atoms with van der Waals surface area (Å²) in [6.07, 6.45) is 0.